The Balaban J connectivity index is 0.00000392. The predicted molar refractivity (Wildman–Crippen MR) is 125 cm³/mol. The van der Waals surface area contributed by atoms with Crippen LogP contribution in [0, 0.1) is 0 Å². The summed E-state index contributed by atoms with van der Waals surface area (Å²) in [6.45, 7) is 1.40. The molecule has 0 spiro atoms. The molecule has 2 rings (SSSR count). The Morgan fingerprint density at radius 2 is 1.79 bits per heavy atom. The molecule has 6 nitrogen and oxygen atoms in total. The van der Waals surface area contributed by atoms with Crippen LogP contribution in [0.4, 0.5) is 0 Å². The average molecular weight is 496 g/mol. The highest BCUT2D eigenvalue weighted by atomic mass is 127. The zero-order valence-electron chi connectivity index (χ0n) is 16.9. The van der Waals surface area contributed by atoms with Crippen molar-refractivity contribution in [1.82, 2.24) is 15.5 Å². The van der Waals surface area contributed by atoms with Crippen LogP contribution >= 0.6 is 24.0 Å². The van der Waals surface area contributed by atoms with Gasteiger partial charge in [0.05, 0.1) is 7.11 Å². The molecule has 0 atom stereocenters. The minimum atomic E-state index is 0. The molecule has 0 aliphatic rings. The van der Waals surface area contributed by atoms with Crippen molar-refractivity contribution in [1.29, 1.82) is 0 Å². The Hall–Kier alpha value is -2.29. The molecular formula is C21H29IN4O2. The summed E-state index contributed by atoms with van der Waals surface area (Å²) in [6, 6.07) is 15.6. The minimum absolute atomic E-state index is 0. The number of hydrogen-bond donors (Lipinski definition) is 2. The molecule has 0 fully saturated rings. The molecular weight excluding hydrogens is 467 g/mol. The van der Waals surface area contributed by atoms with E-state index in [1.165, 1.54) is 5.56 Å². The Morgan fingerprint density at radius 1 is 1.07 bits per heavy atom. The first-order valence-corrected chi connectivity index (χ1v) is 8.91. The second-order valence-electron chi connectivity index (χ2n) is 6.35. The van der Waals surface area contributed by atoms with E-state index in [0.29, 0.717) is 12.1 Å². The number of hydrogen-bond acceptors (Lipinski definition) is 3. The second-order valence-corrected chi connectivity index (χ2v) is 6.35. The SMILES string of the molecule is CN=C(NCCc1cccc(OC)c1)NCc1ccc(C(=O)N(C)C)cc1.I. The number of guanidine groups is 1. The lowest BCUT2D eigenvalue weighted by molar-refractivity contribution is 0.0827. The molecule has 2 N–H and O–H groups in total. The summed E-state index contributed by atoms with van der Waals surface area (Å²) in [6.07, 6.45) is 0.874. The highest BCUT2D eigenvalue weighted by Gasteiger charge is 2.07. The summed E-state index contributed by atoms with van der Waals surface area (Å²) in [5.74, 6) is 1.61. The van der Waals surface area contributed by atoms with E-state index in [0.717, 1.165) is 30.2 Å². The molecule has 0 saturated carbocycles. The molecule has 7 heteroatoms. The van der Waals surface area contributed by atoms with E-state index >= 15 is 0 Å². The van der Waals surface area contributed by atoms with Crippen molar-refractivity contribution in [2.24, 2.45) is 4.99 Å². The number of nitrogens with zero attached hydrogens (tertiary/aromatic N) is 2. The number of amides is 1. The van der Waals surface area contributed by atoms with Gasteiger partial charge in [-0.3, -0.25) is 9.79 Å². The number of aliphatic imine (C=N–C) groups is 1. The molecule has 28 heavy (non-hydrogen) atoms. The van der Waals surface area contributed by atoms with Gasteiger partial charge in [0.2, 0.25) is 0 Å². The predicted octanol–water partition coefficient (Wildman–Crippen LogP) is 2.92. The quantitative estimate of drug-likeness (QED) is 0.352. The molecule has 0 unspecified atom stereocenters. The smallest absolute Gasteiger partial charge is 0.253 e. The van der Waals surface area contributed by atoms with E-state index in [4.69, 9.17) is 4.74 Å². The van der Waals surface area contributed by atoms with Crippen LogP contribution in [0.3, 0.4) is 0 Å². The summed E-state index contributed by atoms with van der Waals surface area (Å²) in [4.78, 5) is 17.7. The van der Waals surface area contributed by atoms with Crippen molar-refractivity contribution < 1.29 is 9.53 Å². The number of methoxy groups -OCH3 is 1. The minimum Gasteiger partial charge on any atom is -0.497 e. The number of carbonyl (C=O) groups excluding carboxylic acids is 1. The first-order valence-electron chi connectivity index (χ1n) is 8.91. The van der Waals surface area contributed by atoms with Crippen molar-refractivity contribution in [3.63, 3.8) is 0 Å². The van der Waals surface area contributed by atoms with Crippen molar-refractivity contribution in [2.45, 2.75) is 13.0 Å². The fourth-order valence-corrected chi connectivity index (χ4v) is 2.58. The number of ether oxygens (including phenoxy) is 1. The van der Waals surface area contributed by atoms with Gasteiger partial charge in [-0.2, -0.15) is 0 Å². The summed E-state index contributed by atoms with van der Waals surface area (Å²) >= 11 is 0. The Bertz CT molecular complexity index is 776. The molecule has 0 aromatic heterocycles. The van der Waals surface area contributed by atoms with Gasteiger partial charge in [-0.1, -0.05) is 24.3 Å². The first-order chi connectivity index (χ1) is 13.0. The van der Waals surface area contributed by atoms with Gasteiger partial charge in [0.25, 0.3) is 5.91 Å². The molecule has 0 radical (unpaired) electrons. The monoisotopic (exact) mass is 496 g/mol. The lowest BCUT2D eigenvalue weighted by Gasteiger charge is -2.13. The van der Waals surface area contributed by atoms with Crippen LogP contribution in [-0.2, 0) is 13.0 Å². The van der Waals surface area contributed by atoms with E-state index in [2.05, 4.69) is 21.7 Å². The number of rotatable bonds is 7. The largest absolute Gasteiger partial charge is 0.497 e. The maximum atomic E-state index is 11.9. The summed E-state index contributed by atoms with van der Waals surface area (Å²) in [5, 5.41) is 6.59. The average Bonchev–Trinajstić information content (AvgIpc) is 2.70. The van der Waals surface area contributed by atoms with Gasteiger partial charge in [-0.25, -0.2) is 0 Å². The highest BCUT2D eigenvalue weighted by Crippen LogP contribution is 2.12. The molecule has 0 aliphatic heterocycles. The Morgan fingerprint density at radius 3 is 2.39 bits per heavy atom. The molecule has 2 aromatic rings. The highest BCUT2D eigenvalue weighted by molar-refractivity contribution is 14.0. The number of halogens is 1. The lowest BCUT2D eigenvalue weighted by atomic mass is 10.1. The van der Waals surface area contributed by atoms with E-state index in [1.807, 2.05) is 42.5 Å². The van der Waals surface area contributed by atoms with Gasteiger partial charge < -0.3 is 20.3 Å². The van der Waals surface area contributed by atoms with Crippen LogP contribution in [-0.4, -0.2) is 51.6 Å². The maximum Gasteiger partial charge on any atom is 0.253 e. The fraction of sp³-hybridized carbons (Fsp3) is 0.333. The van der Waals surface area contributed by atoms with E-state index in [1.54, 1.807) is 33.2 Å². The number of benzene rings is 2. The van der Waals surface area contributed by atoms with E-state index in [-0.39, 0.29) is 29.9 Å². The van der Waals surface area contributed by atoms with Crippen molar-refractivity contribution in [3.05, 3.63) is 65.2 Å². The van der Waals surface area contributed by atoms with Gasteiger partial charge in [0, 0.05) is 39.8 Å². The third-order valence-corrected chi connectivity index (χ3v) is 4.13. The van der Waals surface area contributed by atoms with Crippen molar-refractivity contribution in [2.75, 3.05) is 34.8 Å². The van der Waals surface area contributed by atoms with Crippen LogP contribution in [0.5, 0.6) is 5.75 Å². The Labute approximate surface area is 184 Å². The van der Waals surface area contributed by atoms with Crippen LogP contribution < -0.4 is 15.4 Å². The van der Waals surface area contributed by atoms with E-state index in [9.17, 15) is 4.79 Å². The number of nitrogens with one attached hydrogen (secondary N) is 2. The van der Waals surface area contributed by atoms with Gasteiger partial charge >= 0.3 is 0 Å². The molecule has 1 amide bonds. The Kier molecular flexibility index (Phi) is 10.4. The maximum absolute atomic E-state index is 11.9. The summed E-state index contributed by atoms with van der Waals surface area (Å²) < 4.78 is 5.25. The molecule has 0 bridgehead atoms. The van der Waals surface area contributed by atoms with Crippen LogP contribution in [0.15, 0.2) is 53.5 Å². The zero-order chi connectivity index (χ0) is 19.6. The van der Waals surface area contributed by atoms with Crippen molar-refractivity contribution in [3.8, 4) is 5.75 Å². The lowest BCUT2D eigenvalue weighted by Crippen LogP contribution is -2.37. The molecule has 152 valence electrons. The standard InChI is InChI=1S/C21H28N4O2.HI/c1-22-21(23-13-12-16-6-5-7-19(14-16)27-4)24-15-17-8-10-18(11-9-17)20(26)25(2)3;/h5-11,14H,12-13,15H2,1-4H3,(H2,22,23,24);1H. The van der Waals surface area contributed by atoms with Crippen LogP contribution in [0.2, 0.25) is 0 Å². The van der Waals surface area contributed by atoms with Crippen LogP contribution in [0.1, 0.15) is 21.5 Å². The fourth-order valence-electron chi connectivity index (χ4n) is 2.58. The second kappa shape index (κ2) is 12.2. The van der Waals surface area contributed by atoms with Gasteiger partial charge in [-0.15, -0.1) is 24.0 Å². The molecule has 0 saturated heterocycles. The third-order valence-electron chi connectivity index (χ3n) is 4.13. The van der Waals surface area contributed by atoms with Gasteiger partial charge in [0.15, 0.2) is 5.96 Å². The molecule has 0 heterocycles. The summed E-state index contributed by atoms with van der Waals surface area (Å²) in [7, 11) is 6.92. The van der Waals surface area contributed by atoms with Gasteiger partial charge in [0.1, 0.15) is 5.75 Å². The van der Waals surface area contributed by atoms with Gasteiger partial charge in [-0.05, 0) is 41.8 Å². The topological polar surface area (TPSA) is 66.0 Å². The number of carbonyl (C=O) groups is 1. The molecule has 0 aliphatic carbocycles. The normalized spacial score (nSPS) is 10.6. The summed E-state index contributed by atoms with van der Waals surface area (Å²) in [5.41, 5.74) is 2.98. The third kappa shape index (κ3) is 7.38. The first kappa shape index (κ1) is 23.7. The van der Waals surface area contributed by atoms with E-state index < -0.39 is 0 Å². The van der Waals surface area contributed by atoms with Crippen molar-refractivity contribution >= 4 is 35.8 Å². The van der Waals surface area contributed by atoms with Crippen LogP contribution in [0.25, 0.3) is 0 Å². The molecule has 2 aromatic carbocycles. The zero-order valence-corrected chi connectivity index (χ0v) is 19.2.